The number of hydrogen-bond donors (Lipinski definition) is 3. The van der Waals surface area contributed by atoms with Crippen molar-refractivity contribution in [3.63, 3.8) is 0 Å². The van der Waals surface area contributed by atoms with E-state index < -0.39 is 0 Å². The lowest BCUT2D eigenvalue weighted by atomic mass is 10.0. The fourth-order valence-electron chi connectivity index (χ4n) is 2.23. The number of halogens is 1. The number of aryl methyl sites for hydroxylation is 1. The van der Waals surface area contributed by atoms with Crippen LogP contribution in [0.5, 0.6) is 0 Å². The third-order valence-electron chi connectivity index (χ3n) is 3.36. The first kappa shape index (κ1) is 19.6. The quantitative estimate of drug-likeness (QED) is 0.597. The van der Waals surface area contributed by atoms with Crippen LogP contribution in [0, 0.1) is 6.92 Å². The number of thiazole rings is 1. The minimum absolute atomic E-state index is 0.00793. The molecule has 2 aromatic rings. The Balaban J connectivity index is 0.000000701. The van der Waals surface area contributed by atoms with Crippen LogP contribution in [0.1, 0.15) is 44.6 Å². The number of H-pyrrole nitrogens is 1. The number of imidazole rings is 1. The van der Waals surface area contributed by atoms with Crippen LogP contribution < -0.4 is 10.9 Å². The molecule has 0 bridgehead atoms. The fraction of sp³-hybridized carbons (Fsp3) is 0.333. The van der Waals surface area contributed by atoms with Crippen molar-refractivity contribution in [3.05, 3.63) is 57.4 Å². The van der Waals surface area contributed by atoms with Crippen molar-refractivity contribution in [3.8, 4) is 10.8 Å². The van der Waals surface area contributed by atoms with Gasteiger partial charge in [0, 0.05) is 27.5 Å². The third-order valence-corrected chi connectivity index (χ3v) is 4.78. The summed E-state index contributed by atoms with van der Waals surface area (Å²) in [6, 6.07) is 0.00793. The van der Waals surface area contributed by atoms with Crippen LogP contribution in [0.15, 0.2) is 46.1 Å². The molecule has 134 valence electrons. The van der Waals surface area contributed by atoms with E-state index in [2.05, 4.69) is 68.6 Å². The van der Waals surface area contributed by atoms with E-state index in [0.29, 0.717) is 0 Å². The molecule has 2 aromatic heterocycles. The number of nitrogens with zero attached hydrogens (tertiary/aromatic N) is 2. The molecule has 1 unspecified atom stereocenters. The average molecular weight is 422 g/mol. The van der Waals surface area contributed by atoms with Gasteiger partial charge < -0.3 is 10.4 Å². The van der Waals surface area contributed by atoms with Gasteiger partial charge >= 0.3 is 0 Å². The molecular formula is C18H24BrN5S. The monoisotopic (exact) mass is 421 g/mol. The molecule has 5 nitrogen and oxygen atoms in total. The largest absolute Gasteiger partial charge is 0.340 e. The highest BCUT2D eigenvalue weighted by molar-refractivity contribution is 9.11. The first-order valence-electron chi connectivity index (χ1n) is 8.19. The summed E-state index contributed by atoms with van der Waals surface area (Å²) in [5, 5.41) is 2.95. The van der Waals surface area contributed by atoms with E-state index in [4.69, 9.17) is 4.98 Å². The summed E-state index contributed by atoms with van der Waals surface area (Å²) in [7, 11) is 0. The number of nitrogens with one attached hydrogen (secondary N) is 3. The number of allylic oxidation sites excluding steroid dienone is 3. The Labute approximate surface area is 161 Å². The summed E-state index contributed by atoms with van der Waals surface area (Å²) in [4.78, 5) is 12.3. The lowest BCUT2D eigenvalue weighted by Crippen LogP contribution is -2.26. The molecule has 1 aliphatic rings. The standard InChI is InChI=1S/C15H16BrN5S.C3H8/c1-4-10(16)5-11-9(3)20-21-13(11)12-7-22-15(19-12)14-17-6-8(2)18-14;1-3-2/h4-7,13,20-21H,1H2,2-3H3,(H,17,18);3H2,1-2H3/b10-5+;. The van der Waals surface area contributed by atoms with Gasteiger partial charge in [-0.25, -0.2) is 15.4 Å². The van der Waals surface area contributed by atoms with Crippen LogP contribution in [0.4, 0.5) is 0 Å². The Morgan fingerprint density at radius 3 is 2.72 bits per heavy atom. The van der Waals surface area contributed by atoms with Crippen LogP contribution in [0.3, 0.4) is 0 Å². The highest BCUT2D eigenvalue weighted by Gasteiger charge is 2.25. The van der Waals surface area contributed by atoms with Crippen molar-refractivity contribution in [1.29, 1.82) is 0 Å². The SMILES string of the molecule is C=C/C(Br)=C\C1=C(C)NNC1c1csc(-c2ncc(C)[nH]2)n1.CCC. The molecule has 25 heavy (non-hydrogen) atoms. The van der Waals surface area contributed by atoms with E-state index >= 15 is 0 Å². The molecule has 0 aliphatic carbocycles. The van der Waals surface area contributed by atoms with Gasteiger partial charge in [-0.2, -0.15) is 0 Å². The van der Waals surface area contributed by atoms with Crippen molar-refractivity contribution >= 4 is 27.3 Å². The molecule has 0 radical (unpaired) electrons. The second-order valence-electron chi connectivity index (χ2n) is 5.72. The average Bonchev–Trinajstić information content (AvgIpc) is 3.29. The fourth-order valence-corrected chi connectivity index (χ4v) is 3.27. The highest BCUT2D eigenvalue weighted by Crippen LogP contribution is 2.32. The molecule has 0 saturated heterocycles. The number of aromatic nitrogens is 3. The maximum absolute atomic E-state index is 4.71. The molecule has 7 heteroatoms. The predicted octanol–water partition coefficient (Wildman–Crippen LogP) is 5.15. The zero-order valence-electron chi connectivity index (χ0n) is 15.0. The van der Waals surface area contributed by atoms with Gasteiger partial charge in [0.1, 0.15) is 0 Å². The summed E-state index contributed by atoms with van der Waals surface area (Å²) in [6.07, 6.45) is 6.88. The summed E-state index contributed by atoms with van der Waals surface area (Å²) >= 11 is 5.06. The maximum Gasteiger partial charge on any atom is 0.166 e. The summed E-state index contributed by atoms with van der Waals surface area (Å²) in [5.41, 5.74) is 10.6. The van der Waals surface area contributed by atoms with E-state index in [0.717, 1.165) is 38.0 Å². The molecule has 0 saturated carbocycles. The predicted molar refractivity (Wildman–Crippen MR) is 109 cm³/mol. The Morgan fingerprint density at radius 2 is 2.12 bits per heavy atom. The van der Waals surface area contributed by atoms with Gasteiger partial charge in [-0.1, -0.05) is 48.9 Å². The van der Waals surface area contributed by atoms with Crippen LogP contribution >= 0.6 is 27.3 Å². The zero-order valence-corrected chi connectivity index (χ0v) is 17.4. The molecule has 3 N–H and O–H groups in total. The Bertz CT molecular complexity index is 787. The molecule has 0 aromatic carbocycles. The Hall–Kier alpha value is -1.70. The van der Waals surface area contributed by atoms with Crippen molar-refractivity contribution in [2.45, 2.75) is 40.2 Å². The first-order chi connectivity index (χ1) is 12.0. The normalized spacial score (nSPS) is 17.2. The van der Waals surface area contributed by atoms with E-state index in [-0.39, 0.29) is 6.04 Å². The van der Waals surface area contributed by atoms with Crippen molar-refractivity contribution < 1.29 is 0 Å². The second-order valence-corrected chi connectivity index (χ2v) is 7.49. The van der Waals surface area contributed by atoms with Crippen LogP contribution in [0.2, 0.25) is 0 Å². The number of aromatic amines is 1. The van der Waals surface area contributed by atoms with E-state index in [1.807, 2.05) is 20.0 Å². The Morgan fingerprint density at radius 1 is 1.40 bits per heavy atom. The lowest BCUT2D eigenvalue weighted by molar-refractivity contribution is 0.582. The molecule has 0 amide bonds. The zero-order chi connectivity index (χ0) is 18.4. The first-order valence-corrected chi connectivity index (χ1v) is 9.86. The van der Waals surface area contributed by atoms with Gasteiger partial charge in [0.2, 0.25) is 0 Å². The summed E-state index contributed by atoms with van der Waals surface area (Å²) in [5.74, 6) is 0.810. The molecular weight excluding hydrogens is 398 g/mol. The maximum atomic E-state index is 4.71. The third kappa shape index (κ3) is 4.90. The topological polar surface area (TPSA) is 65.6 Å². The van der Waals surface area contributed by atoms with Crippen LogP contribution in [-0.2, 0) is 0 Å². The lowest BCUT2D eigenvalue weighted by Gasteiger charge is -2.09. The van der Waals surface area contributed by atoms with E-state index in [1.165, 1.54) is 6.42 Å². The molecule has 0 spiro atoms. The van der Waals surface area contributed by atoms with Gasteiger partial charge in [0.25, 0.3) is 0 Å². The molecule has 1 atom stereocenters. The Kier molecular flexibility index (Phi) is 7.16. The summed E-state index contributed by atoms with van der Waals surface area (Å²) < 4.78 is 0.939. The van der Waals surface area contributed by atoms with Crippen molar-refractivity contribution in [1.82, 2.24) is 25.8 Å². The number of hydrazine groups is 1. The minimum atomic E-state index is 0.00793. The summed E-state index contributed by atoms with van der Waals surface area (Å²) in [6.45, 7) is 12.0. The van der Waals surface area contributed by atoms with Gasteiger partial charge in [-0.3, -0.25) is 0 Å². The van der Waals surface area contributed by atoms with E-state index in [1.54, 1.807) is 17.4 Å². The minimum Gasteiger partial charge on any atom is -0.340 e. The smallest absolute Gasteiger partial charge is 0.166 e. The number of rotatable bonds is 4. The van der Waals surface area contributed by atoms with Crippen LogP contribution in [-0.4, -0.2) is 15.0 Å². The molecule has 3 rings (SSSR count). The van der Waals surface area contributed by atoms with Gasteiger partial charge in [-0.15, -0.1) is 11.3 Å². The molecule has 1 aliphatic heterocycles. The van der Waals surface area contributed by atoms with Crippen LogP contribution in [0.25, 0.3) is 10.8 Å². The number of hydrogen-bond acceptors (Lipinski definition) is 5. The van der Waals surface area contributed by atoms with Gasteiger partial charge in [-0.05, 0) is 25.5 Å². The molecule has 3 heterocycles. The van der Waals surface area contributed by atoms with E-state index in [9.17, 15) is 0 Å². The highest BCUT2D eigenvalue weighted by atomic mass is 79.9. The van der Waals surface area contributed by atoms with Crippen molar-refractivity contribution in [2.24, 2.45) is 0 Å². The van der Waals surface area contributed by atoms with Crippen molar-refractivity contribution in [2.75, 3.05) is 0 Å². The second kappa shape index (κ2) is 9.12. The van der Waals surface area contributed by atoms with Gasteiger partial charge in [0.15, 0.2) is 10.8 Å². The van der Waals surface area contributed by atoms with Gasteiger partial charge in [0.05, 0.1) is 11.7 Å². The molecule has 0 fully saturated rings.